The third-order valence-corrected chi connectivity index (χ3v) is 5.95. The van der Waals surface area contributed by atoms with Crippen LogP contribution < -0.4 is 9.80 Å². The first-order valence-electron chi connectivity index (χ1n) is 10.9. The van der Waals surface area contributed by atoms with Gasteiger partial charge in [-0.15, -0.1) is 0 Å². The molecule has 1 aromatic heterocycles. The molecule has 2 aromatic carbocycles. The number of nitrogens with zero attached hydrogens (tertiary/aromatic N) is 3. The highest BCUT2D eigenvalue weighted by Crippen LogP contribution is 2.26. The Morgan fingerprint density at radius 3 is 2.33 bits per heavy atom. The maximum Gasteiger partial charge on any atom is 0.259 e. The molecule has 2 heterocycles. The minimum Gasteiger partial charge on any atom is -0.370 e. The number of hydrogen-bond donors (Lipinski definition) is 0. The van der Waals surface area contributed by atoms with Gasteiger partial charge in [0.05, 0.1) is 17.4 Å². The van der Waals surface area contributed by atoms with Crippen LogP contribution in [-0.2, 0) is 6.42 Å². The predicted molar refractivity (Wildman–Crippen MR) is 123 cm³/mol. The van der Waals surface area contributed by atoms with Gasteiger partial charge in [0.15, 0.2) is 0 Å². The maximum absolute atomic E-state index is 13.1. The topological polar surface area (TPSA) is 36.4 Å². The minimum absolute atomic E-state index is 0.00277. The number of benzene rings is 2. The molecule has 1 aliphatic rings. The number of pyridine rings is 1. The Hall–Kier alpha value is -3.14. The van der Waals surface area contributed by atoms with Crippen LogP contribution >= 0.6 is 0 Å². The van der Waals surface area contributed by atoms with E-state index in [-0.39, 0.29) is 5.91 Å². The number of piperidine rings is 1. The number of anilines is 2. The van der Waals surface area contributed by atoms with E-state index in [0.717, 1.165) is 49.6 Å². The van der Waals surface area contributed by atoms with E-state index in [4.69, 9.17) is 0 Å². The summed E-state index contributed by atoms with van der Waals surface area (Å²) in [6.07, 6.45) is 7.04. The first-order chi connectivity index (χ1) is 14.7. The molecular formula is C26H29N3O. The van der Waals surface area contributed by atoms with Crippen molar-refractivity contribution in [3.05, 3.63) is 90.3 Å². The fourth-order valence-corrected chi connectivity index (χ4v) is 4.27. The highest BCUT2D eigenvalue weighted by molar-refractivity contribution is 6.06. The molecule has 154 valence electrons. The first-order valence-corrected chi connectivity index (χ1v) is 10.9. The summed E-state index contributed by atoms with van der Waals surface area (Å²) in [4.78, 5) is 21.7. The summed E-state index contributed by atoms with van der Waals surface area (Å²) in [5.41, 5.74) is 4.02. The lowest BCUT2D eigenvalue weighted by atomic mass is 9.90. The zero-order chi connectivity index (χ0) is 20.8. The van der Waals surface area contributed by atoms with E-state index in [0.29, 0.717) is 12.1 Å². The van der Waals surface area contributed by atoms with Gasteiger partial charge < -0.3 is 9.80 Å². The van der Waals surface area contributed by atoms with Crippen molar-refractivity contribution in [2.75, 3.05) is 29.4 Å². The monoisotopic (exact) mass is 399 g/mol. The average molecular weight is 400 g/mol. The number of rotatable bonds is 6. The van der Waals surface area contributed by atoms with Crippen molar-refractivity contribution in [1.29, 1.82) is 0 Å². The van der Waals surface area contributed by atoms with Crippen LogP contribution in [0.15, 0.2) is 79.1 Å². The molecule has 1 saturated heterocycles. The molecular weight excluding hydrogens is 370 g/mol. The molecule has 0 bridgehead atoms. The Labute approximate surface area is 179 Å². The number of carbonyl (C=O) groups excluding carboxylic acids is 1. The Bertz CT molecular complexity index is 950. The first kappa shape index (κ1) is 20.1. The van der Waals surface area contributed by atoms with Crippen LogP contribution in [0, 0.1) is 5.92 Å². The molecule has 4 nitrogen and oxygen atoms in total. The lowest BCUT2D eigenvalue weighted by Crippen LogP contribution is -2.35. The molecule has 0 aliphatic carbocycles. The third-order valence-electron chi connectivity index (χ3n) is 5.95. The minimum atomic E-state index is -0.00277. The molecule has 0 radical (unpaired) electrons. The van der Waals surface area contributed by atoms with Gasteiger partial charge in [-0.2, -0.15) is 0 Å². The molecule has 4 heteroatoms. The van der Waals surface area contributed by atoms with Crippen LogP contribution in [0.3, 0.4) is 0 Å². The van der Waals surface area contributed by atoms with Crippen LogP contribution in [0.4, 0.5) is 11.4 Å². The molecule has 0 saturated carbocycles. The Morgan fingerprint density at radius 1 is 1.00 bits per heavy atom. The van der Waals surface area contributed by atoms with Gasteiger partial charge in [0, 0.05) is 31.5 Å². The van der Waals surface area contributed by atoms with Crippen molar-refractivity contribution < 1.29 is 4.79 Å². The van der Waals surface area contributed by atoms with Crippen LogP contribution in [0.25, 0.3) is 0 Å². The van der Waals surface area contributed by atoms with Gasteiger partial charge in [-0.1, -0.05) is 48.5 Å². The van der Waals surface area contributed by atoms with E-state index in [9.17, 15) is 4.79 Å². The molecule has 0 unspecified atom stereocenters. The largest absolute Gasteiger partial charge is 0.370 e. The Morgan fingerprint density at radius 2 is 1.67 bits per heavy atom. The van der Waals surface area contributed by atoms with Crippen LogP contribution in [0.5, 0.6) is 0 Å². The predicted octanol–water partition coefficient (Wildman–Crippen LogP) is 5.21. The number of carbonyl (C=O) groups is 1. The van der Waals surface area contributed by atoms with Crippen molar-refractivity contribution in [2.24, 2.45) is 5.92 Å². The Kier molecular flexibility index (Phi) is 6.43. The van der Waals surface area contributed by atoms with Crippen molar-refractivity contribution in [3.63, 3.8) is 0 Å². The highest BCUT2D eigenvalue weighted by Gasteiger charge is 2.22. The van der Waals surface area contributed by atoms with Crippen LogP contribution in [0.2, 0.25) is 0 Å². The molecule has 3 aromatic rings. The van der Waals surface area contributed by atoms with E-state index in [1.165, 1.54) is 5.56 Å². The molecule has 1 amide bonds. The fourth-order valence-electron chi connectivity index (χ4n) is 4.27. The molecule has 4 rings (SSSR count). The fraction of sp³-hybridized carbons (Fsp3) is 0.308. The van der Waals surface area contributed by atoms with Gasteiger partial charge in [-0.25, -0.2) is 0 Å². The quantitative estimate of drug-likeness (QED) is 0.571. The van der Waals surface area contributed by atoms with E-state index in [2.05, 4.69) is 40.2 Å². The van der Waals surface area contributed by atoms with E-state index < -0.39 is 0 Å². The maximum atomic E-state index is 13.1. The van der Waals surface area contributed by atoms with Gasteiger partial charge >= 0.3 is 0 Å². The summed E-state index contributed by atoms with van der Waals surface area (Å²) in [5.74, 6) is 0.715. The summed E-state index contributed by atoms with van der Waals surface area (Å²) in [6.45, 7) is 4.64. The number of aromatic nitrogens is 1. The highest BCUT2D eigenvalue weighted by atomic mass is 16.2. The molecule has 0 spiro atoms. The van der Waals surface area contributed by atoms with Gasteiger partial charge in [-0.3, -0.25) is 9.78 Å². The second-order valence-electron chi connectivity index (χ2n) is 7.94. The lowest BCUT2D eigenvalue weighted by molar-refractivity contribution is 0.0988. The standard InChI is InChI=1S/C26H29N3O/c1-2-29(24-11-7-4-8-12-24)26(30)23-18-25(20-27-19-23)28-15-13-22(14-16-28)17-21-9-5-3-6-10-21/h3-12,18-20,22H,2,13-17H2,1H3. The van der Waals surface area contributed by atoms with Gasteiger partial charge in [0.1, 0.15) is 0 Å². The summed E-state index contributed by atoms with van der Waals surface area (Å²) in [6, 6.07) is 22.6. The van der Waals surface area contributed by atoms with Gasteiger partial charge in [0.25, 0.3) is 5.91 Å². The van der Waals surface area contributed by atoms with Crippen molar-refractivity contribution in [1.82, 2.24) is 4.98 Å². The van der Waals surface area contributed by atoms with E-state index >= 15 is 0 Å². The van der Waals surface area contributed by atoms with Crippen molar-refractivity contribution in [2.45, 2.75) is 26.2 Å². The Balaban J connectivity index is 1.42. The van der Waals surface area contributed by atoms with Crippen LogP contribution in [-0.4, -0.2) is 30.5 Å². The second-order valence-corrected chi connectivity index (χ2v) is 7.94. The molecule has 0 N–H and O–H groups in total. The van der Waals surface area contributed by atoms with E-state index in [1.807, 2.05) is 49.5 Å². The average Bonchev–Trinajstić information content (AvgIpc) is 2.81. The second kappa shape index (κ2) is 9.57. The van der Waals surface area contributed by atoms with Crippen LogP contribution in [0.1, 0.15) is 35.7 Å². The summed E-state index contributed by atoms with van der Waals surface area (Å²) in [7, 11) is 0. The molecule has 1 aliphatic heterocycles. The summed E-state index contributed by atoms with van der Waals surface area (Å²) < 4.78 is 0. The van der Waals surface area contributed by atoms with E-state index in [1.54, 1.807) is 11.1 Å². The molecule has 1 fully saturated rings. The zero-order valence-corrected chi connectivity index (χ0v) is 17.6. The SMILES string of the molecule is CCN(C(=O)c1cncc(N2CCC(Cc3ccccc3)CC2)c1)c1ccccc1. The van der Waals surface area contributed by atoms with Gasteiger partial charge in [0.2, 0.25) is 0 Å². The van der Waals surface area contributed by atoms with Crippen molar-refractivity contribution in [3.8, 4) is 0 Å². The zero-order valence-electron chi connectivity index (χ0n) is 17.6. The normalized spacial score (nSPS) is 14.5. The number of amides is 1. The smallest absolute Gasteiger partial charge is 0.259 e. The molecule has 30 heavy (non-hydrogen) atoms. The third kappa shape index (κ3) is 4.70. The number of hydrogen-bond acceptors (Lipinski definition) is 3. The molecule has 0 atom stereocenters. The summed E-state index contributed by atoms with van der Waals surface area (Å²) >= 11 is 0. The van der Waals surface area contributed by atoms with Crippen molar-refractivity contribution >= 4 is 17.3 Å². The number of para-hydroxylation sites is 1. The summed E-state index contributed by atoms with van der Waals surface area (Å²) in [5, 5.41) is 0. The lowest BCUT2D eigenvalue weighted by Gasteiger charge is -2.33. The van der Waals surface area contributed by atoms with Gasteiger partial charge in [-0.05, 0) is 55.9 Å².